The predicted molar refractivity (Wildman–Crippen MR) is 78.9 cm³/mol. The zero-order valence-electron chi connectivity index (χ0n) is 9.75. The number of rotatable bonds is 2. The van der Waals surface area contributed by atoms with E-state index in [1.807, 2.05) is 13.0 Å². The molecular weight excluding hydrogens is 353 g/mol. The van der Waals surface area contributed by atoms with Crippen LogP contribution in [0.1, 0.15) is 15.9 Å². The summed E-state index contributed by atoms with van der Waals surface area (Å²) >= 11 is 15.0. The van der Waals surface area contributed by atoms with E-state index in [4.69, 9.17) is 23.2 Å². The number of nitrogens with one attached hydrogen (secondary N) is 1. The van der Waals surface area contributed by atoms with Gasteiger partial charge in [-0.3, -0.25) is 4.79 Å². The Morgan fingerprint density at radius 1 is 1.26 bits per heavy atom. The minimum Gasteiger partial charge on any atom is -0.306 e. The molecule has 0 spiro atoms. The topological polar surface area (TPSA) is 54.9 Å². The summed E-state index contributed by atoms with van der Waals surface area (Å²) in [4.78, 5) is 20.0. The largest absolute Gasteiger partial charge is 0.306 e. The van der Waals surface area contributed by atoms with Crippen LogP contribution in [0.15, 0.2) is 29.0 Å². The number of carbonyl (C=O) groups is 1. The Morgan fingerprint density at radius 2 is 2.00 bits per heavy atom. The van der Waals surface area contributed by atoms with Gasteiger partial charge in [0, 0.05) is 16.9 Å². The fraction of sp³-hybridized carbons (Fsp3) is 0.0833. The number of hydrogen-bond acceptors (Lipinski definition) is 3. The molecule has 0 atom stereocenters. The SMILES string of the molecule is Cc1cc(Br)cnc1NC(=O)c1cc(Cl)ncc1Cl. The van der Waals surface area contributed by atoms with E-state index in [0.29, 0.717) is 5.82 Å². The van der Waals surface area contributed by atoms with Gasteiger partial charge in [0.05, 0.1) is 10.6 Å². The lowest BCUT2D eigenvalue weighted by Crippen LogP contribution is -2.14. The molecule has 0 saturated heterocycles. The van der Waals surface area contributed by atoms with Gasteiger partial charge in [-0.15, -0.1) is 0 Å². The average molecular weight is 361 g/mol. The minimum absolute atomic E-state index is 0.204. The third-order valence-electron chi connectivity index (χ3n) is 2.34. The minimum atomic E-state index is -0.382. The summed E-state index contributed by atoms with van der Waals surface area (Å²) in [6.07, 6.45) is 2.93. The molecule has 0 bridgehead atoms. The molecule has 2 aromatic heterocycles. The maximum Gasteiger partial charge on any atom is 0.258 e. The Bertz CT molecular complexity index is 649. The summed E-state index contributed by atoms with van der Waals surface area (Å²) < 4.78 is 0.841. The molecule has 0 saturated carbocycles. The van der Waals surface area contributed by atoms with E-state index in [1.54, 1.807) is 6.20 Å². The first kappa shape index (κ1) is 14.2. The normalized spacial score (nSPS) is 10.3. The van der Waals surface area contributed by atoms with Crippen molar-refractivity contribution < 1.29 is 4.79 Å². The summed E-state index contributed by atoms with van der Waals surface area (Å²) in [5.41, 5.74) is 1.09. The van der Waals surface area contributed by atoms with E-state index in [9.17, 15) is 4.79 Å². The third kappa shape index (κ3) is 3.43. The summed E-state index contributed by atoms with van der Waals surface area (Å²) in [6.45, 7) is 1.84. The lowest BCUT2D eigenvalue weighted by molar-refractivity contribution is 0.102. The number of nitrogens with zero attached hydrogens (tertiary/aromatic N) is 2. The number of amides is 1. The van der Waals surface area contributed by atoms with Crippen LogP contribution in [0.5, 0.6) is 0 Å². The van der Waals surface area contributed by atoms with E-state index < -0.39 is 0 Å². The molecule has 0 aliphatic rings. The van der Waals surface area contributed by atoms with Crippen molar-refractivity contribution in [1.29, 1.82) is 0 Å². The molecule has 0 aliphatic heterocycles. The van der Waals surface area contributed by atoms with Gasteiger partial charge in [-0.25, -0.2) is 9.97 Å². The number of aromatic nitrogens is 2. The number of carbonyl (C=O) groups excluding carboxylic acids is 1. The highest BCUT2D eigenvalue weighted by atomic mass is 79.9. The maximum absolute atomic E-state index is 12.1. The molecule has 0 radical (unpaired) electrons. The monoisotopic (exact) mass is 359 g/mol. The lowest BCUT2D eigenvalue weighted by atomic mass is 10.2. The Hall–Kier alpha value is -1.17. The van der Waals surface area contributed by atoms with E-state index in [-0.39, 0.29) is 21.6 Å². The average Bonchev–Trinajstić information content (AvgIpc) is 2.35. The molecule has 2 rings (SSSR count). The maximum atomic E-state index is 12.1. The van der Waals surface area contributed by atoms with Gasteiger partial charge in [0.1, 0.15) is 11.0 Å². The molecule has 2 aromatic rings. The molecule has 0 unspecified atom stereocenters. The first-order chi connectivity index (χ1) is 8.97. The molecule has 7 heteroatoms. The van der Waals surface area contributed by atoms with Crippen LogP contribution in [0, 0.1) is 6.92 Å². The highest BCUT2D eigenvalue weighted by molar-refractivity contribution is 9.10. The number of hydrogen-bond donors (Lipinski definition) is 1. The standard InChI is InChI=1S/C12H8BrCl2N3O/c1-6-2-7(13)4-17-11(6)18-12(19)8-3-10(15)16-5-9(8)14/h2-5H,1H3,(H,17,18,19). The summed E-state index contributed by atoms with van der Waals surface area (Å²) in [7, 11) is 0. The van der Waals surface area contributed by atoms with Gasteiger partial charge in [-0.2, -0.15) is 0 Å². The van der Waals surface area contributed by atoms with Gasteiger partial charge in [-0.1, -0.05) is 23.2 Å². The molecule has 1 amide bonds. The van der Waals surface area contributed by atoms with Gasteiger partial charge in [0.2, 0.25) is 0 Å². The number of halogens is 3. The zero-order valence-corrected chi connectivity index (χ0v) is 12.8. The smallest absolute Gasteiger partial charge is 0.258 e. The zero-order chi connectivity index (χ0) is 14.0. The van der Waals surface area contributed by atoms with Crippen molar-refractivity contribution >= 4 is 50.9 Å². The van der Waals surface area contributed by atoms with Crippen molar-refractivity contribution in [3.05, 3.63) is 50.3 Å². The van der Waals surface area contributed by atoms with Crippen LogP contribution in [0.25, 0.3) is 0 Å². The summed E-state index contributed by atoms with van der Waals surface area (Å²) in [6, 6.07) is 3.26. The van der Waals surface area contributed by atoms with Crippen molar-refractivity contribution in [2.24, 2.45) is 0 Å². The van der Waals surface area contributed by atoms with E-state index in [0.717, 1.165) is 10.0 Å². The van der Waals surface area contributed by atoms with Crippen LogP contribution < -0.4 is 5.32 Å². The Balaban J connectivity index is 2.28. The molecule has 0 aliphatic carbocycles. The third-order valence-corrected chi connectivity index (χ3v) is 3.28. The van der Waals surface area contributed by atoms with Gasteiger partial charge < -0.3 is 5.32 Å². The van der Waals surface area contributed by atoms with Gasteiger partial charge in [0.25, 0.3) is 5.91 Å². The Kier molecular flexibility index (Phi) is 4.39. The van der Waals surface area contributed by atoms with Crippen molar-refractivity contribution in [2.45, 2.75) is 6.92 Å². The highest BCUT2D eigenvalue weighted by Gasteiger charge is 2.13. The first-order valence-electron chi connectivity index (χ1n) is 5.22. The predicted octanol–water partition coefficient (Wildman–Crippen LogP) is 4.11. The molecule has 2 heterocycles. The van der Waals surface area contributed by atoms with Crippen molar-refractivity contribution in [3.63, 3.8) is 0 Å². The van der Waals surface area contributed by atoms with Gasteiger partial charge in [-0.05, 0) is 40.5 Å². The van der Waals surface area contributed by atoms with Crippen LogP contribution in [0.4, 0.5) is 5.82 Å². The first-order valence-corrected chi connectivity index (χ1v) is 6.77. The second kappa shape index (κ2) is 5.86. The second-order valence-corrected chi connectivity index (χ2v) is 5.47. The molecule has 0 aromatic carbocycles. The van der Waals surface area contributed by atoms with Crippen LogP contribution in [-0.2, 0) is 0 Å². The molecule has 19 heavy (non-hydrogen) atoms. The van der Waals surface area contributed by atoms with E-state index >= 15 is 0 Å². The fourth-order valence-electron chi connectivity index (χ4n) is 1.43. The highest BCUT2D eigenvalue weighted by Crippen LogP contribution is 2.21. The van der Waals surface area contributed by atoms with Gasteiger partial charge in [0.15, 0.2) is 0 Å². The van der Waals surface area contributed by atoms with Crippen LogP contribution in [0.2, 0.25) is 10.2 Å². The fourth-order valence-corrected chi connectivity index (χ4v) is 2.23. The molecule has 1 N–H and O–H groups in total. The number of anilines is 1. The number of aryl methyl sites for hydroxylation is 1. The number of pyridine rings is 2. The van der Waals surface area contributed by atoms with Crippen LogP contribution in [0.3, 0.4) is 0 Å². The molecule has 4 nitrogen and oxygen atoms in total. The quantitative estimate of drug-likeness (QED) is 0.820. The van der Waals surface area contributed by atoms with Crippen molar-refractivity contribution in [3.8, 4) is 0 Å². The summed E-state index contributed by atoms with van der Waals surface area (Å²) in [5.74, 6) is 0.0874. The Morgan fingerprint density at radius 3 is 2.68 bits per heavy atom. The van der Waals surface area contributed by atoms with Crippen LogP contribution >= 0.6 is 39.1 Å². The molecule has 98 valence electrons. The van der Waals surface area contributed by atoms with E-state index in [1.165, 1.54) is 12.3 Å². The van der Waals surface area contributed by atoms with Crippen LogP contribution in [-0.4, -0.2) is 15.9 Å². The molecular formula is C12H8BrCl2N3O. The summed E-state index contributed by atoms with van der Waals surface area (Å²) in [5, 5.41) is 3.12. The second-order valence-electron chi connectivity index (χ2n) is 3.76. The van der Waals surface area contributed by atoms with Crippen molar-refractivity contribution in [2.75, 3.05) is 5.32 Å². The van der Waals surface area contributed by atoms with Gasteiger partial charge >= 0.3 is 0 Å². The van der Waals surface area contributed by atoms with E-state index in [2.05, 4.69) is 31.2 Å². The lowest BCUT2D eigenvalue weighted by Gasteiger charge is -2.08. The van der Waals surface area contributed by atoms with Crippen molar-refractivity contribution in [1.82, 2.24) is 9.97 Å². The Labute approximate surface area is 128 Å². The molecule has 0 fully saturated rings.